The van der Waals surface area contributed by atoms with E-state index in [1.807, 2.05) is 32.1 Å². The smallest absolute Gasteiger partial charge is 0.323 e. The van der Waals surface area contributed by atoms with Crippen molar-refractivity contribution in [2.45, 2.75) is 39.2 Å². The zero-order chi connectivity index (χ0) is 17.8. The summed E-state index contributed by atoms with van der Waals surface area (Å²) in [6.07, 6.45) is 7.38. The van der Waals surface area contributed by atoms with E-state index in [9.17, 15) is 4.79 Å². The summed E-state index contributed by atoms with van der Waals surface area (Å²) >= 11 is 0. The quantitative estimate of drug-likeness (QED) is 0.794. The predicted molar refractivity (Wildman–Crippen MR) is 93.5 cm³/mol. The van der Waals surface area contributed by atoms with Crippen molar-refractivity contribution in [3.05, 3.63) is 23.8 Å². The SMILES string of the molecule is CCn1cc(C(=O)N2CCC(CCc3noc(N(C)C)n3)CC2)cn1. The molecule has 2 aromatic heterocycles. The number of rotatable bonds is 6. The Hall–Kier alpha value is -2.38. The minimum atomic E-state index is 0.0898. The summed E-state index contributed by atoms with van der Waals surface area (Å²) in [5.41, 5.74) is 0.684. The van der Waals surface area contributed by atoms with Crippen LogP contribution >= 0.6 is 0 Å². The number of hydrogen-bond donors (Lipinski definition) is 0. The van der Waals surface area contributed by atoms with Gasteiger partial charge < -0.3 is 14.3 Å². The highest BCUT2D eigenvalue weighted by Gasteiger charge is 2.24. The van der Waals surface area contributed by atoms with Gasteiger partial charge in [0.05, 0.1) is 11.8 Å². The Bertz CT molecular complexity index is 700. The molecule has 0 saturated carbocycles. The molecule has 2 aromatic rings. The van der Waals surface area contributed by atoms with Crippen LogP contribution in [0.5, 0.6) is 0 Å². The molecule has 0 spiro atoms. The number of anilines is 1. The molecule has 0 aliphatic carbocycles. The predicted octanol–water partition coefficient (Wildman–Crippen LogP) is 1.84. The second kappa shape index (κ2) is 7.67. The summed E-state index contributed by atoms with van der Waals surface area (Å²) in [7, 11) is 3.77. The first kappa shape index (κ1) is 17.4. The standard InChI is InChI=1S/C17H26N6O2/c1-4-23-12-14(11-18-23)16(24)22-9-7-13(8-10-22)5-6-15-19-17(21(2)3)25-20-15/h11-13H,4-10H2,1-3H3. The van der Waals surface area contributed by atoms with E-state index < -0.39 is 0 Å². The van der Waals surface area contributed by atoms with Gasteiger partial charge in [-0.05, 0) is 32.1 Å². The second-order valence-corrected chi connectivity index (χ2v) is 6.75. The summed E-state index contributed by atoms with van der Waals surface area (Å²) in [6, 6.07) is 0.544. The number of aryl methyl sites for hydroxylation is 2. The van der Waals surface area contributed by atoms with Gasteiger partial charge in [0.15, 0.2) is 5.82 Å². The van der Waals surface area contributed by atoms with Crippen LogP contribution in [0.4, 0.5) is 6.01 Å². The van der Waals surface area contributed by atoms with Crippen molar-refractivity contribution in [1.82, 2.24) is 24.8 Å². The lowest BCUT2D eigenvalue weighted by Gasteiger charge is -2.31. The third-order valence-electron chi connectivity index (χ3n) is 4.72. The lowest BCUT2D eigenvalue weighted by atomic mass is 9.92. The number of aromatic nitrogens is 4. The first-order valence-electron chi connectivity index (χ1n) is 8.88. The average molecular weight is 346 g/mol. The molecule has 8 heteroatoms. The van der Waals surface area contributed by atoms with Gasteiger partial charge in [-0.1, -0.05) is 5.16 Å². The molecule has 1 aliphatic rings. The Balaban J connectivity index is 1.45. The van der Waals surface area contributed by atoms with Crippen LogP contribution in [0.15, 0.2) is 16.9 Å². The fourth-order valence-electron chi connectivity index (χ4n) is 3.12. The summed E-state index contributed by atoms with van der Waals surface area (Å²) < 4.78 is 6.96. The summed E-state index contributed by atoms with van der Waals surface area (Å²) in [6.45, 7) is 4.39. The van der Waals surface area contributed by atoms with Crippen LogP contribution < -0.4 is 4.90 Å². The van der Waals surface area contributed by atoms with E-state index in [1.165, 1.54) is 0 Å². The third kappa shape index (κ3) is 4.18. The van der Waals surface area contributed by atoms with Gasteiger partial charge in [-0.3, -0.25) is 9.48 Å². The van der Waals surface area contributed by atoms with Crippen molar-refractivity contribution >= 4 is 11.9 Å². The molecule has 1 saturated heterocycles. The van der Waals surface area contributed by atoms with E-state index in [4.69, 9.17) is 4.52 Å². The molecule has 0 unspecified atom stereocenters. The van der Waals surface area contributed by atoms with Gasteiger partial charge in [-0.15, -0.1) is 0 Å². The van der Waals surface area contributed by atoms with Crippen molar-refractivity contribution in [3.63, 3.8) is 0 Å². The maximum atomic E-state index is 12.5. The maximum absolute atomic E-state index is 12.5. The van der Waals surface area contributed by atoms with E-state index in [2.05, 4.69) is 15.2 Å². The first-order valence-corrected chi connectivity index (χ1v) is 8.88. The highest BCUT2D eigenvalue weighted by Crippen LogP contribution is 2.23. The molecule has 3 rings (SSSR count). The van der Waals surface area contributed by atoms with Gasteiger partial charge in [0, 0.05) is 46.3 Å². The van der Waals surface area contributed by atoms with E-state index in [0.717, 1.165) is 51.1 Å². The zero-order valence-electron chi connectivity index (χ0n) is 15.2. The number of piperidine rings is 1. The number of carbonyl (C=O) groups is 1. The second-order valence-electron chi connectivity index (χ2n) is 6.75. The van der Waals surface area contributed by atoms with E-state index in [0.29, 0.717) is 17.5 Å². The lowest BCUT2D eigenvalue weighted by Crippen LogP contribution is -2.38. The monoisotopic (exact) mass is 346 g/mol. The average Bonchev–Trinajstić information content (AvgIpc) is 3.29. The number of nitrogens with zero attached hydrogens (tertiary/aromatic N) is 6. The fraction of sp³-hybridized carbons (Fsp3) is 0.647. The topological polar surface area (TPSA) is 80.3 Å². The van der Waals surface area contributed by atoms with E-state index >= 15 is 0 Å². The normalized spacial score (nSPS) is 15.6. The summed E-state index contributed by atoms with van der Waals surface area (Å²) in [4.78, 5) is 20.6. The molecule has 0 bridgehead atoms. The van der Waals surface area contributed by atoms with Crippen LogP contribution in [-0.2, 0) is 13.0 Å². The Labute approximate surface area is 147 Å². The molecule has 25 heavy (non-hydrogen) atoms. The molecule has 1 fully saturated rings. The number of hydrogen-bond acceptors (Lipinski definition) is 6. The molecular formula is C17H26N6O2. The minimum absolute atomic E-state index is 0.0898. The van der Waals surface area contributed by atoms with Gasteiger partial charge >= 0.3 is 6.01 Å². The number of carbonyl (C=O) groups excluding carboxylic acids is 1. The zero-order valence-corrected chi connectivity index (χ0v) is 15.2. The largest absolute Gasteiger partial charge is 0.339 e. The molecule has 0 radical (unpaired) electrons. The minimum Gasteiger partial charge on any atom is -0.339 e. The molecule has 136 valence electrons. The molecule has 8 nitrogen and oxygen atoms in total. The summed E-state index contributed by atoms with van der Waals surface area (Å²) in [5.74, 6) is 1.45. The van der Waals surface area contributed by atoms with Gasteiger partial charge in [0.1, 0.15) is 0 Å². The highest BCUT2D eigenvalue weighted by atomic mass is 16.5. The van der Waals surface area contributed by atoms with Gasteiger partial charge in [0.25, 0.3) is 5.91 Å². The Morgan fingerprint density at radius 1 is 1.36 bits per heavy atom. The van der Waals surface area contributed by atoms with E-state index in [1.54, 1.807) is 15.8 Å². The fourth-order valence-corrected chi connectivity index (χ4v) is 3.12. The molecule has 0 atom stereocenters. The van der Waals surface area contributed by atoms with Gasteiger partial charge in [-0.2, -0.15) is 10.1 Å². The summed E-state index contributed by atoms with van der Waals surface area (Å²) in [5, 5.41) is 8.20. The maximum Gasteiger partial charge on any atom is 0.323 e. The van der Waals surface area contributed by atoms with E-state index in [-0.39, 0.29) is 5.91 Å². The van der Waals surface area contributed by atoms with Crippen molar-refractivity contribution in [2.24, 2.45) is 5.92 Å². The van der Waals surface area contributed by atoms with Crippen LogP contribution in [0.2, 0.25) is 0 Å². The van der Waals surface area contributed by atoms with Crippen LogP contribution in [0.25, 0.3) is 0 Å². The lowest BCUT2D eigenvalue weighted by molar-refractivity contribution is 0.0686. The molecule has 1 amide bonds. The van der Waals surface area contributed by atoms with Crippen LogP contribution in [0, 0.1) is 5.92 Å². The van der Waals surface area contributed by atoms with Gasteiger partial charge in [0.2, 0.25) is 0 Å². The van der Waals surface area contributed by atoms with Crippen molar-refractivity contribution in [3.8, 4) is 0 Å². The number of likely N-dealkylation sites (tertiary alicyclic amines) is 1. The Kier molecular flexibility index (Phi) is 5.35. The van der Waals surface area contributed by atoms with Crippen molar-refractivity contribution in [1.29, 1.82) is 0 Å². The molecule has 1 aliphatic heterocycles. The van der Waals surface area contributed by atoms with Crippen molar-refractivity contribution in [2.75, 3.05) is 32.1 Å². The number of amides is 1. The van der Waals surface area contributed by atoms with Gasteiger partial charge in [-0.25, -0.2) is 0 Å². The molecule has 3 heterocycles. The Morgan fingerprint density at radius 2 is 2.12 bits per heavy atom. The van der Waals surface area contributed by atoms with Crippen LogP contribution in [0.1, 0.15) is 42.4 Å². The molecule has 0 N–H and O–H groups in total. The first-order chi connectivity index (χ1) is 12.1. The highest BCUT2D eigenvalue weighted by molar-refractivity contribution is 5.93. The van der Waals surface area contributed by atoms with Crippen LogP contribution in [-0.4, -0.2) is 57.9 Å². The molecule has 0 aromatic carbocycles. The Morgan fingerprint density at radius 3 is 2.72 bits per heavy atom. The van der Waals surface area contributed by atoms with Crippen molar-refractivity contribution < 1.29 is 9.32 Å². The third-order valence-corrected chi connectivity index (χ3v) is 4.72. The molecular weight excluding hydrogens is 320 g/mol. The van der Waals surface area contributed by atoms with Crippen LogP contribution in [0.3, 0.4) is 0 Å².